The number of rotatable bonds is 15. The first-order valence-electron chi connectivity index (χ1n) is 14.4. The maximum absolute atomic E-state index is 12.1. The van der Waals surface area contributed by atoms with Crippen molar-refractivity contribution in [3.05, 3.63) is 60.2 Å². The first-order chi connectivity index (χ1) is 20.5. The Morgan fingerprint density at radius 2 is 0.952 bits per heavy atom. The van der Waals surface area contributed by atoms with Gasteiger partial charge in [-0.25, -0.2) is 9.59 Å². The van der Waals surface area contributed by atoms with Gasteiger partial charge in [0.25, 0.3) is 0 Å². The van der Waals surface area contributed by atoms with Crippen LogP contribution in [0.25, 0.3) is 0 Å². The number of hydrogen-bond acceptors (Lipinski definition) is 10. The second-order valence-corrected chi connectivity index (χ2v) is 15.6. The van der Waals surface area contributed by atoms with E-state index < -0.39 is 0 Å². The van der Waals surface area contributed by atoms with Crippen molar-refractivity contribution in [2.24, 2.45) is 11.8 Å². The molecule has 2 aromatic heterocycles. The summed E-state index contributed by atoms with van der Waals surface area (Å²) in [4.78, 5) is 24.3. The largest absolute Gasteiger partial charge is 0.459 e. The molecular formula is C30H42N2O6S4+2. The van der Waals surface area contributed by atoms with E-state index in [1.165, 1.54) is 34.1 Å². The smallest absolute Gasteiger partial charge is 0.372 e. The summed E-state index contributed by atoms with van der Waals surface area (Å²) in [7, 11) is 0. The Morgan fingerprint density at radius 3 is 1.31 bits per heavy atom. The highest BCUT2D eigenvalue weighted by Gasteiger charge is 2.23. The maximum atomic E-state index is 12.1. The molecule has 2 fully saturated rings. The summed E-state index contributed by atoms with van der Waals surface area (Å²) in [6, 6.07) is 8.36. The van der Waals surface area contributed by atoms with Crippen molar-refractivity contribution in [2.45, 2.75) is 36.1 Å². The van der Waals surface area contributed by atoms with Crippen LogP contribution in [0.5, 0.6) is 0 Å². The lowest BCUT2D eigenvalue weighted by atomic mass is 10.3. The van der Waals surface area contributed by atoms with Crippen LogP contribution in [0.1, 0.15) is 34.1 Å². The number of ether oxygens (including phenoxy) is 4. The minimum absolute atomic E-state index is 0.173. The normalized spacial score (nSPS) is 22.4. The molecule has 0 radical (unpaired) electrons. The zero-order chi connectivity index (χ0) is 29.6. The van der Waals surface area contributed by atoms with E-state index in [-0.39, 0.29) is 38.2 Å². The predicted molar refractivity (Wildman–Crippen MR) is 170 cm³/mol. The standard InChI is InChI=1S/C30H42N2O6S4/c1-23-19-39-29(40-20-23)25-3-7-31(8-4-25)17-27(33)37-15-13-35-11-12-36-14-16-38-28(34)18-32-9-5-26(6-10-32)30-41-21-24(2)22-42-30/h3-10,23-24,29-30H,11-22H2,1-2H3/q+2. The van der Waals surface area contributed by atoms with Gasteiger partial charge in [-0.2, -0.15) is 9.13 Å². The Bertz CT molecular complexity index is 1000. The molecule has 0 aromatic carbocycles. The fraction of sp³-hybridized carbons (Fsp3) is 0.600. The van der Waals surface area contributed by atoms with Crippen molar-refractivity contribution in [3.63, 3.8) is 0 Å². The molecule has 0 unspecified atom stereocenters. The number of thioether (sulfide) groups is 4. The van der Waals surface area contributed by atoms with Crippen LogP contribution >= 0.6 is 47.0 Å². The van der Waals surface area contributed by atoms with E-state index in [1.54, 1.807) is 0 Å². The highest BCUT2D eigenvalue weighted by Crippen LogP contribution is 2.45. The summed E-state index contributed by atoms with van der Waals surface area (Å²) in [6.07, 6.45) is 7.75. The van der Waals surface area contributed by atoms with Crippen LogP contribution < -0.4 is 9.13 Å². The molecule has 0 bridgehead atoms. The number of esters is 2. The molecule has 0 saturated carbocycles. The summed E-state index contributed by atoms with van der Waals surface area (Å²) >= 11 is 7.96. The van der Waals surface area contributed by atoms with Gasteiger partial charge in [-0.05, 0) is 46.0 Å². The molecule has 2 aliphatic rings. The molecule has 12 heteroatoms. The fourth-order valence-electron chi connectivity index (χ4n) is 4.19. The van der Waals surface area contributed by atoms with Crippen LogP contribution in [0, 0.1) is 11.8 Å². The number of carbonyl (C=O) groups excluding carboxylic acids is 2. The summed E-state index contributed by atoms with van der Waals surface area (Å²) in [5.41, 5.74) is 2.58. The first-order valence-corrected chi connectivity index (χ1v) is 18.6. The second-order valence-electron chi connectivity index (χ2n) is 10.5. The summed E-state index contributed by atoms with van der Waals surface area (Å²) < 4.78 is 26.1. The van der Waals surface area contributed by atoms with Crippen molar-refractivity contribution in [2.75, 3.05) is 62.7 Å². The lowest BCUT2D eigenvalue weighted by molar-refractivity contribution is -0.686. The molecule has 4 heterocycles. The van der Waals surface area contributed by atoms with E-state index in [4.69, 9.17) is 18.9 Å². The topological polar surface area (TPSA) is 78.8 Å². The third kappa shape index (κ3) is 11.9. The molecule has 0 N–H and O–H groups in total. The molecule has 2 aliphatic heterocycles. The van der Waals surface area contributed by atoms with E-state index in [9.17, 15) is 9.59 Å². The van der Waals surface area contributed by atoms with E-state index in [2.05, 4.69) is 38.1 Å². The molecule has 0 atom stereocenters. The number of aromatic nitrogens is 2. The minimum Gasteiger partial charge on any atom is -0.459 e. The number of carbonyl (C=O) groups is 2. The minimum atomic E-state index is -0.296. The predicted octanol–water partition coefficient (Wildman–Crippen LogP) is 4.31. The summed E-state index contributed by atoms with van der Waals surface area (Å²) in [6.45, 7) is 6.66. The van der Waals surface area contributed by atoms with Crippen LogP contribution in [-0.4, -0.2) is 74.6 Å². The number of hydrogen-bond donors (Lipinski definition) is 0. The van der Waals surface area contributed by atoms with Gasteiger partial charge in [0.05, 0.1) is 35.6 Å². The third-order valence-corrected chi connectivity index (χ3v) is 13.5. The van der Waals surface area contributed by atoms with Crippen molar-refractivity contribution in [1.82, 2.24) is 0 Å². The zero-order valence-corrected chi connectivity index (χ0v) is 27.7. The van der Waals surface area contributed by atoms with Gasteiger partial charge >= 0.3 is 11.9 Å². The van der Waals surface area contributed by atoms with Crippen LogP contribution in [-0.2, 0) is 41.6 Å². The monoisotopic (exact) mass is 654 g/mol. The van der Waals surface area contributed by atoms with Gasteiger partial charge in [0.2, 0.25) is 13.1 Å². The molecule has 8 nitrogen and oxygen atoms in total. The molecule has 4 rings (SSSR count). The Balaban J connectivity index is 0.967. The Kier molecular flexibility index (Phi) is 14.6. The lowest BCUT2D eigenvalue weighted by Crippen LogP contribution is -2.38. The average molecular weight is 655 g/mol. The van der Waals surface area contributed by atoms with Crippen molar-refractivity contribution in [3.8, 4) is 0 Å². The van der Waals surface area contributed by atoms with Crippen LogP contribution in [0.3, 0.4) is 0 Å². The van der Waals surface area contributed by atoms with Gasteiger partial charge in [0, 0.05) is 24.3 Å². The molecule has 0 amide bonds. The van der Waals surface area contributed by atoms with E-state index in [0.717, 1.165) is 11.8 Å². The molecule has 42 heavy (non-hydrogen) atoms. The van der Waals surface area contributed by atoms with Crippen LogP contribution in [0.4, 0.5) is 0 Å². The van der Waals surface area contributed by atoms with Crippen molar-refractivity contribution < 1.29 is 37.7 Å². The highest BCUT2D eigenvalue weighted by atomic mass is 32.2. The molecular weight excluding hydrogens is 613 g/mol. The van der Waals surface area contributed by atoms with Gasteiger partial charge in [-0.3, -0.25) is 0 Å². The van der Waals surface area contributed by atoms with Crippen LogP contribution in [0.2, 0.25) is 0 Å². The molecule has 2 saturated heterocycles. The molecule has 0 spiro atoms. The fourth-order valence-corrected chi connectivity index (χ4v) is 10.1. The molecule has 230 valence electrons. The van der Waals surface area contributed by atoms with E-state index >= 15 is 0 Å². The van der Waals surface area contributed by atoms with E-state index in [1.807, 2.05) is 81.0 Å². The Morgan fingerprint density at radius 1 is 0.619 bits per heavy atom. The number of pyridine rings is 2. The van der Waals surface area contributed by atoms with Gasteiger partial charge in [0.15, 0.2) is 24.8 Å². The quantitative estimate of drug-likeness (QED) is 0.158. The summed E-state index contributed by atoms with van der Waals surface area (Å²) in [5, 5.41) is 0. The lowest BCUT2D eigenvalue weighted by Gasteiger charge is -2.25. The molecule has 2 aromatic rings. The van der Waals surface area contributed by atoms with Gasteiger partial charge < -0.3 is 18.9 Å². The van der Waals surface area contributed by atoms with Gasteiger partial charge in [-0.15, -0.1) is 47.0 Å². The van der Waals surface area contributed by atoms with Crippen molar-refractivity contribution in [1.29, 1.82) is 0 Å². The zero-order valence-electron chi connectivity index (χ0n) is 24.4. The average Bonchev–Trinajstić information content (AvgIpc) is 3.00. The van der Waals surface area contributed by atoms with Gasteiger partial charge in [0.1, 0.15) is 13.2 Å². The third-order valence-electron chi connectivity index (χ3n) is 6.48. The van der Waals surface area contributed by atoms with Gasteiger partial charge in [-0.1, -0.05) is 13.8 Å². The first kappa shape index (κ1) is 33.5. The second kappa shape index (κ2) is 18.4. The highest BCUT2D eigenvalue weighted by molar-refractivity contribution is 8.17. The Labute approximate surface area is 266 Å². The summed E-state index contributed by atoms with van der Waals surface area (Å²) in [5.74, 6) is 5.70. The maximum Gasteiger partial charge on any atom is 0.372 e. The molecule has 0 aliphatic carbocycles. The van der Waals surface area contributed by atoms with Crippen molar-refractivity contribution >= 4 is 59.0 Å². The number of nitrogens with zero attached hydrogens (tertiary/aromatic N) is 2. The van der Waals surface area contributed by atoms with E-state index in [0.29, 0.717) is 35.6 Å². The van der Waals surface area contributed by atoms with Crippen LogP contribution in [0.15, 0.2) is 49.1 Å². The SMILES string of the molecule is CC1CSC(c2cc[n+](CC(=O)OCCOCCOCCOC(=O)C[n+]3ccc(C4SCC(C)CS4)cc3)cc2)SC1. The Hall–Kier alpha value is -1.44.